The third-order valence-corrected chi connectivity index (χ3v) is 6.81. The molecule has 0 unspecified atom stereocenters. The number of aryl methyl sites for hydroxylation is 1. The van der Waals surface area contributed by atoms with Crippen LogP contribution in [0, 0.1) is 6.92 Å². The van der Waals surface area contributed by atoms with Crippen LogP contribution in [0.1, 0.15) is 12.0 Å². The molecule has 1 N–H and O–H groups in total. The van der Waals surface area contributed by atoms with Crippen molar-refractivity contribution >= 4 is 54.0 Å². The number of aromatic nitrogens is 1. The Hall–Kier alpha value is -1.96. The number of thiazole rings is 1. The van der Waals surface area contributed by atoms with Gasteiger partial charge >= 0.3 is 0 Å². The van der Waals surface area contributed by atoms with E-state index in [1.54, 1.807) is 24.3 Å². The van der Waals surface area contributed by atoms with Crippen LogP contribution in [-0.4, -0.2) is 25.1 Å². The summed E-state index contributed by atoms with van der Waals surface area (Å²) in [5.74, 6) is -0.652. The Morgan fingerprint density at radius 2 is 1.92 bits per heavy atom. The van der Waals surface area contributed by atoms with E-state index in [0.717, 1.165) is 15.8 Å². The lowest BCUT2D eigenvalue weighted by Gasteiger charge is -2.04. The van der Waals surface area contributed by atoms with Gasteiger partial charge in [-0.05, 0) is 30.7 Å². The average Bonchev–Trinajstić information content (AvgIpc) is 3.02. The summed E-state index contributed by atoms with van der Waals surface area (Å²) in [5.41, 5.74) is 1.70. The number of anilines is 1. The number of amides is 1. The van der Waals surface area contributed by atoms with Crippen LogP contribution in [0.2, 0.25) is 5.02 Å². The lowest BCUT2D eigenvalue weighted by molar-refractivity contribution is -0.115. The predicted octanol–water partition coefficient (Wildman–Crippen LogP) is 4.06. The zero-order valence-corrected chi connectivity index (χ0v) is 15.7. The molecule has 8 heteroatoms. The Balaban J connectivity index is 1.69. The lowest BCUT2D eigenvalue weighted by Crippen LogP contribution is -2.17. The summed E-state index contributed by atoms with van der Waals surface area (Å²) < 4.78 is 25.2. The molecule has 0 aliphatic rings. The first-order valence-corrected chi connectivity index (χ1v) is 10.3. The molecule has 0 radical (unpaired) electrons. The molecule has 5 nitrogen and oxygen atoms in total. The molecule has 0 bridgehead atoms. The Kier molecular flexibility index (Phi) is 5.08. The van der Waals surface area contributed by atoms with E-state index in [2.05, 4.69) is 10.3 Å². The van der Waals surface area contributed by atoms with Gasteiger partial charge < -0.3 is 5.32 Å². The summed E-state index contributed by atoms with van der Waals surface area (Å²) in [6, 6.07) is 11.7. The molecule has 1 heterocycles. The molecule has 0 saturated heterocycles. The Labute approximate surface area is 154 Å². The van der Waals surface area contributed by atoms with Gasteiger partial charge in [-0.15, -0.1) is 0 Å². The second-order valence-corrected chi connectivity index (χ2v) is 9.01. The summed E-state index contributed by atoms with van der Waals surface area (Å²) in [5, 5.41) is 3.64. The van der Waals surface area contributed by atoms with Gasteiger partial charge in [0.15, 0.2) is 15.0 Å². The summed E-state index contributed by atoms with van der Waals surface area (Å²) >= 11 is 7.42. The van der Waals surface area contributed by atoms with Crippen LogP contribution in [0.15, 0.2) is 47.4 Å². The molecule has 0 spiro atoms. The van der Waals surface area contributed by atoms with E-state index in [4.69, 9.17) is 11.6 Å². The van der Waals surface area contributed by atoms with Crippen molar-refractivity contribution in [3.8, 4) is 0 Å². The van der Waals surface area contributed by atoms with Crippen molar-refractivity contribution in [2.24, 2.45) is 0 Å². The number of fused-ring (bicyclic) bond motifs is 1. The van der Waals surface area contributed by atoms with Gasteiger partial charge in [-0.3, -0.25) is 4.79 Å². The highest BCUT2D eigenvalue weighted by molar-refractivity contribution is 7.91. The smallest absolute Gasteiger partial charge is 0.227 e. The van der Waals surface area contributed by atoms with Crippen molar-refractivity contribution in [2.45, 2.75) is 18.2 Å². The van der Waals surface area contributed by atoms with E-state index in [1.807, 2.05) is 13.0 Å². The molecule has 0 saturated carbocycles. The van der Waals surface area contributed by atoms with Crippen molar-refractivity contribution in [3.63, 3.8) is 0 Å². The number of sulfone groups is 1. The van der Waals surface area contributed by atoms with Crippen LogP contribution in [0.4, 0.5) is 5.13 Å². The van der Waals surface area contributed by atoms with E-state index in [0.29, 0.717) is 10.2 Å². The highest BCUT2D eigenvalue weighted by atomic mass is 35.5. The molecule has 25 heavy (non-hydrogen) atoms. The third kappa shape index (κ3) is 4.00. The largest absolute Gasteiger partial charge is 0.302 e. The minimum Gasteiger partial charge on any atom is -0.302 e. The van der Waals surface area contributed by atoms with E-state index < -0.39 is 15.7 Å². The number of rotatable bonds is 5. The van der Waals surface area contributed by atoms with Crippen LogP contribution in [-0.2, 0) is 14.6 Å². The van der Waals surface area contributed by atoms with Crippen LogP contribution < -0.4 is 5.32 Å². The van der Waals surface area contributed by atoms with Gasteiger partial charge in [0.05, 0.1) is 25.9 Å². The van der Waals surface area contributed by atoms with Crippen LogP contribution in [0.5, 0.6) is 0 Å². The van der Waals surface area contributed by atoms with Crippen molar-refractivity contribution < 1.29 is 13.2 Å². The highest BCUT2D eigenvalue weighted by Crippen LogP contribution is 2.33. The van der Waals surface area contributed by atoms with Gasteiger partial charge in [0.2, 0.25) is 5.91 Å². The number of nitrogens with one attached hydrogen (secondary N) is 1. The van der Waals surface area contributed by atoms with E-state index >= 15 is 0 Å². The first-order valence-electron chi connectivity index (χ1n) is 7.50. The number of halogens is 1. The fourth-order valence-electron chi connectivity index (χ4n) is 2.31. The van der Waals surface area contributed by atoms with Gasteiger partial charge in [0, 0.05) is 6.42 Å². The maximum absolute atomic E-state index is 12.2. The number of carbonyl (C=O) groups is 1. The highest BCUT2D eigenvalue weighted by Gasteiger charge is 2.17. The fourth-order valence-corrected chi connectivity index (χ4v) is 4.80. The predicted molar refractivity (Wildman–Crippen MR) is 101 cm³/mol. The SMILES string of the molecule is Cc1ccc(Cl)c2sc(NC(=O)CCS(=O)(=O)c3ccccc3)nc12. The minimum absolute atomic E-state index is 0.139. The third-order valence-electron chi connectivity index (χ3n) is 3.64. The molecule has 0 atom stereocenters. The van der Waals surface area contributed by atoms with E-state index in [-0.39, 0.29) is 17.1 Å². The molecule has 0 aliphatic heterocycles. The van der Waals surface area contributed by atoms with E-state index in [1.165, 1.54) is 23.5 Å². The molecule has 3 aromatic rings. The Morgan fingerprint density at radius 3 is 2.60 bits per heavy atom. The summed E-state index contributed by atoms with van der Waals surface area (Å²) in [4.78, 5) is 16.7. The molecule has 130 valence electrons. The molecule has 1 aromatic heterocycles. The maximum Gasteiger partial charge on any atom is 0.227 e. The normalized spacial score (nSPS) is 11.6. The minimum atomic E-state index is -3.48. The topological polar surface area (TPSA) is 76.1 Å². The van der Waals surface area contributed by atoms with Gasteiger partial charge in [-0.2, -0.15) is 0 Å². The Bertz CT molecular complexity index is 992. The zero-order chi connectivity index (χ0) is 18.0. The maximum atomic E-state index is 12.2. The summed E-state index contributed by atoms with van der Waals surface area (Å²) in [7, 11) is -3.48. The summed E-state index contributed by atoms with van der Waals surface area (Å²) in [6.07, 6.45) is -0.139. The average molecular weight is 395 g/mol. The molecular formula is C17H15ClN2O3S2. The number of carbonyl (C=O) groups excluding carboxylic acids is 1. The molecule has 0 aliphatic carbocycles. The second kappa shape index (κ2) is 7.11. The molecule has 3 rings (SSSR count). The van der Waals surface area contributed by atoms with Crippen molar-refractivity contribution in [2.75, 3.05) is 11.1 Å². The van der Waals surface area contributed by atoms with Gasteiger partial charge in [-0.25, -0.2) is 13.4 Å². The van der Waals surface area contributed by atoms with Crippen molar-refractivity contribution in [1.82, 2.24) is 4.98 Å². The van der Waals surface area contributed by atoms with Crippen LogP contribution in [0.3, 0.4) is 0 Å². The first-order chi connectivity index (χ1) is 11.9. The van der Waals surface area contributed by atoms with Gasteiger partial charge in [0.25, 0.3) is 0 Å². The van der Waals surface area contributed by atoms with Crippen LogP contribution in [0.25, 0.3) is 10.2 Å². The van der Waals surface area contributed by atoms with Gasteiger partial charge in [0.1, 0.15) is 0 Å². The number of hydrogen-bond donors (Lipinski definition) is 1. The summed E-state index contributed by atoms with van der Waals surface area (Å²) in [6.45, 7) is 1.91. The van der Waals surface area contributed by atoms with Crippen molar-refractivity contribution in [1.29, 1.82) is 0 Å². The second-order valence-electron chi connectivity index (χ2n) is 5.49. The molecule has 2 aromatic carbocycles. The fraction of sp³-hybridized carbons (Fsp3) is 0.176. The lowest BCUT2D eigenvalue weighted by atomic mass is 10.2. The van der Waals surface area contributed by atoms with Crippen LogP contribution >= 0.6 is 22.9 Å². The number of nitrogens with zero attached hydrogens (tertiary/aromatic N) is 1. The first kappa shape index (κ1) is 17.8. The molecule has 0 fully saturated rings. The standard InChI is InChI=1S/C17H15ClN2O3S2/c1-11-7-8-13(18)16-15(11)20-17(24-16)19-14(21)9-10-25(22,23)12-5-3-2-4-6-12/h2-8H,9-10H2,1H3,(H,19,20,21). The van der Waals surface area contributed by atoms with E-state index in [9.17, 15) is 13.2 Å². The quantitative estimate of drug-likeness (QED) is 0.707. The monoisotopic (exact) mass is 394 g/mol. The molecular weight excluding hydrogens is 380 g/mol. The zero-order valence-electron chi connectivity index (χ0n) is 13.3. The van der Waals surface area contributed by atoms with Gasteiger partial charge in [-0.1, -0.05) is 47.2 Å². The Morgan fingerprint density at radius 1 is 1.20 bits per heavy atom. The number of benzene rings is 2. The number of hydrogen-bond acceptors (Lipinski definition) is 5. The van der Waals surface area contributed by atoms with Crippen molar-refractivity contribution in [3.05, 3.63) is 53.1 Å². The molecule has 1 amide bonds.